The highest BCUT2D eigenvalue weighted by Crippen LogP contribution is 2.29. The van der Waals surface area contributed by atoms with Crippen LogP contribution in [-0.4, -0.2) is 45.5 Å². The number of fused-ring (bicyclic) bond motifs is 2. The third-order valence-corrected chi connectivity index (χ3v) is 5.34. The number of aromatic nitrogens is 2. The number of morpholine rings is 1. The van der Waals surface area contributed by atoms with Gasteiger partial charge in [0.2, 0.25) is 0 Å². The first-order valence-electron chi connectivity index (χ1n) is 7.63. The van der Waals surface area contributed by atoms with Gasteiger partial charge in [0.15, 0.2) is 4.96 Å². The number of hydrogen-bond acceptors (Lipinski definition) is 5. The lowest BCUT2D eigenvalue weighted by atomic mass is 9.90. The molecule has 1 aliphatic carbocycles. The lowest BCUT2D eigenvalue weighted by molar-refractivity contribution is -0.0753. The fraction of sp³-hybridized carbons (Fsp3) is 0.533. The van der Waals surface area contributed by atoms with E-state index in [1.807, 2.05) is 4.90 Å². The summed E-state index contributed by atoms with van der Waals surface area (Å²) in [5.74, 6) is -0.210. The van der Waals surface area contributed by atoms with Gasteiger partial charge in [0.05, 0.1) is 18.8 Å². The third-order valence-electron chi connectivity index (χ3n) is 4.57. The Hall–Kier alpha value is -1.73. The summed E-state index contributed by atoms with van der Waals surface area (Å²) in [4.78, 5) is 32.0. The van der Waals surface area contributed by atoms with E-state index in [4.69, 9.17) is 4.74 Å². The quantitative estimate of drug-likeness (QED) is 0.800. The Morgan fingerprint density at radius 1 is 1.36 bits per heavy atom. The largest absolute Gasteiger partial charge is 0.374 e. The van der Waals surface area contributed by atoms with Crippen LogP contribution in [0.1, 0.15) is 36.0 Å². The Morgan fingerprint density at radius 3 is 3.14 bits per heavy atom. The van der Waals surface area contributed by atoms with Crippen LogP contribution in [0.2, 0.25) is 0 Å². The van der Waals surface area contributed by atoms with Gasteiger partial charge in [0, 0.05) is 24.3 Å². The van der Waals surface area contributed by atoms with Crippen molar-refractivity contribution in [2.45, 2.75) is 37.8 Å². The van der Waals surface area contributed by atoms with Gasteiger partial charge >= 0.3 is 0 Å². The van der Waals surface area contributed by atoms with Crippen molar-refractivity contribution in [2.75, 3.05) is 13.2 Å². The minimum absolute atomic E-state index is 0.0950. The molecule has 1 amide bonds. The van der Waals surface area contributed by atoms with E-state index in [1.54, 1.807) is 11.6 Å². The normalized spacial score (nSPS) is 25.2. The highest BCUT2D eigenvalue weighted by Gasteiger charge is 2.37. The Kier molecular flexibility index (Phi) is 3.46. The Morgan fingerprint density at radius 2 is 2.23 bits per heavy atom. The van der Waals surface area contributed by atoms with Crippen LogP contribution in [-0.2, 0) is 4.74 Å². The SMILES string of the molecule is O=C(c1cnc2sccn2c1=O)N1CCOC2CCCCC21. The van der Waals surface area contributed by atoms with Crippen LogP contribution in [0.4, 0.5) is 0 Å². The van der Waals surface area contributed by atoms with Crippen LogP contribution in [0.5, 0.6) is 0 Å². The van der Waals surface area contributed by atoms with Gasteiger partial charge in [-0.25, -0.2) is 4.98 Å². The maximum Gasteiger partial charge on any atom is 0.271 e. The molecule has 6 nitrogen and oxygen atoms in total. The molecular formula is C15H17N3O3S. The van der Waals surface area contributed by atoms with E-state index in [1.165, 1.54) is 21.9 Å². The molecule has 22 heavy (non-hydrogen) atoms. The van der Waals surface area contributed by atoms with Crippen molar-refractivity contribution in [2.24, 2.45) is 0 Å². The van der Waals surface area contributed by atoms with Crippen LogP contribution in [0, 0.1) is 0 Å². The highest BCUT2D eigenvalue weighted by atomic mass is 32.1. The Bertz CT molecular complexity index is 767. The average molecular weight is 319 g/mol. The van der Waals surface area contributed by atoms with Crippen LogP contribution in [0.15, 0.2) is 22.6 Å². The van der Waals surface area contributed by atoms with Gasteiger partial charge in [-0.2, -0.15) is 0 Å². The van der Waals surface area contributed by atoms with Gasteiger partial charge in [-0.05, 0) is 12.8 Å². The van der Waals surface area contributed by atoms with E-state index in [2.05, 4.69) is 4.98 Å². The maximum atomic E-state index is 12.9. The predicted molar refractivity (Wildman–Crippen MR) is 82.4 cm³/mol. The number of hydrogen-bond donors (Lipinski definition) is 0. The fourth-order valence-corrected chi connectivity index (χ4v) is 4.15. The van der Waals surface area contributed by atoms with Crippen LogP contribution < -0.4 is 5.56 Å². The second-order valence-corrected chi connectivity index (χ2v) is 6.67. The predicted octanol–water partition coefficient (Wildman–Crippen LogP) is 1.54. The van der Waals surface area contributed by atoms with Crippen molar-refractivity contribution in [1.29, 1.82) is 0 Å². The van der Waals surface area contributed by atoms with Gasteiger partial charge in [-0.1, -0.05) is 12.8 Å². The number of amides is 1. The maximum absolute atomic E-state index is 12.9. The highest BCUT2D eigenvalue weighted by molar-refractivity contribution is 7.15. The molecule has 4 rings (SSSR count). The van der Waals surface area contributed by atoms with Gasteiger partial charge in [0.1, 0.15) is 5.56 Å². The topological polar surface area (TPSA) is 63.9 Å². The molecule has 2 unspecified atom stereocenters. The van der Waals surface area contributed by atoms with Crippen LogP contribution in [0.3, 0.4) is 0 Å². The van der Waals surface area contributed by atoms with E-state index >= 15 is 0 Å². The summed E-state index contributed by atoms with van der Waals surface area (Å²) in [5.41, 5.74) is -0.128. The van der Waals surface area contributed by atoms with Crippen molar-refractivity contribution in [3.05, 3.63) is 33.7 Å². The number of rotatable bonds is 1. The van der Waals surface area contributed by atoms with Crippen molar-refractivity contribution in [3.63, 3.8) is 0 Å². The standard InChI is InChI=1S/C15H17N3O3S/c19-13(10-9-16-15-18(14(10)20)6-8-22-15)17-5-7-21-12-4-2-1-3-11(12)17/h6,8-9,11-12H,1-5,7H2. The second-order valence-electron chi connectivity index (χ2n) is 5.79. The molecule has 2 atom stereocenters. The zero-order valence-corrected chi connectivity index (χ0v) is 12.9. The minimum atomic E-state index is -0.282. The second kappa shape index (κ2) is 5.48. The summed E-state index contributed by atoms with van der Waals surface area (Å²) in [6.45, 7) is 1.09. The molecular weight excluding hydrogens is 302 g/mol. The first-order valence-corrected chi connectivity index (χ1v) is 8.51. The molecule has 1 aliphatic heterocycles. The smallest absolute Gasteiger partial charge is 0.271 e. The molecule has 1 saturated heterocycles. The summed E-state index contributed by atoms with van der Waals surface area (Å²) in [6, 6.07) is 0.0950. The molecule has 0 aromatic carbocycles. The molecule has 0 spiro atoms. The summed E-state index contributed by atoms with van der Waals surface area (Å²) < 4.78 is 7.24. The zero-order valence-electron chi connectivity index (χ0n) is 12.1. The van der Waals surface area contributed by atoms with E-state index in [0.29, 0.717) is 18.1 Å². The number of carbonyl (C=O) groups is 1. The first-order chi connectivity index (χ1) is 10.8. The van der Waals surface area contributed by atoms with Gasteiger partial charge in [-0.15, -0.1) is 11.3 Å². The zero-order chi connectivity index (χ0) is 15.1. The number of nitrogens with zero attached hydrogens (tertiary/aromatic N) is 3. The molecule has 3 heterocycles. The molecule has 0 N–H and O–H groups in total. The minimum Gasteiger partial charge on any atom is -0.374 e. The number of carbonyl (C=O) groups excluding carboxylic acids is 1. The van der Waals surface area contributed by atoms with Gasteiger partial charge in [0.25, 0.3) is 11.5 Å². The fourth-order valence-electron chi connectivity index (χ4n) is 3.47. The molecule has 116 valence electrons. The van der Waals surface area contributed by atoms with Crippen LogP contribution in [0.25, 0.3) is 4.96 Å². The lowest BCUT2D eigenvalue weighted by Crippen LogP contribution is -2.55. The van der Waals surface area contributed by atoms with Crippen molar-refractivity contribution in [1.82, 2.24) is 14.3 Å². The summed E-state index contributed by atoms with van der Waals surface area (Å²) in [6.07, 6.45) is 7.40. The average Bonchev–Trinajstić information content (AvgIpc) is 3.04. The van der Waals surface area contributed by atoms with Gasteiger partial charge in [-0.3, -0.25) is 14.0 Å². The molecule has 0 bridgehead atoms. The molecule has 2 aliphatic rings. The number of thiazole rings is 1. The molecule has 1 saturated carbocycles. The van der Waals surface area contributed by atoms with Crippen molar-refractivity contribution >= 4 is 22.2 Å². The Balaban J connectivity index is 1.70. The monoisotopic (exact) mass is 319 g/mol. The molecule has 2 aromatic heterocycles. The first kappa shape index (κ1) is 13.9. The van der Waals surface area contributed by atoms with E-state index in [-0.39, 0.29) is 29.2 Å². The summed E-state index contributed by atoms with van der Waals surface area (Å²) in [5, 5.41) is 1.80. The number of ether oxygens (including phenoxy) is 1. The summed E-state index contributed by atoms with van der Waals surface area (Å²) >= 11 is 1.38. The molecule has 0 radical (unpaired) electrons. The van der Waals surface area contributed by atoms with Gasteiger partial charge < -0.3 is 9.64 Å². The third kappa shape index (κ3) is 2.16. The lowest BCUT2D eigenvalue weighted by Gasteiger charge is -2.43. The van der Waals surface area contributed by atoms with E-state index < -0.39 is 0 Å². The Labute approximate surface area is 131 Å². The van der Waals surface area contributed by atoms with Crippen molar-refractivity contribution in [3.8, 4) is 0 Å². The molecule has 2 fully saturated rings. The molecule has 7 heteroatoms. The van der Waals surface area contributed by atoms with Crippen LogP contribution >= 0.6 is 11.3 Å². The van der Waals surface area contributed by atoms with E-state index in [9.17, 15) is 9.59 Å². The summed E-state index contributed by atoms with van der Waals surface area (Å²) in [7, 11) is 0. The molecule has 2 aromatic rings. The van der Waals surface area contributed by atoms with Crippen molar-refractivity contribution < 1.29 is 9.53 Å². The van der Waals surface area contributed by atoms with E-state index in [0.717, 1.165) is 25.7 Å².